The van der Waals surface area contributed by atoms with Crippen LogP contribution in [0.3, 0.4) is 0 Å². The van der Waals surface area contributed by atoms with Gasteiger partial charge in [-0.3, -0.25) is 4.79 Å². The number of alkyl halides is 3. The van der Waals surface area contributed by atoms with Crippen LogP contribution in [0.4, 0.5) is 18.9 Å². The van der Waals surface area contributed by atoms with Crippen molar-refractivity contribution in [2.75, 3.05) is 5.32 Å². The monoisotopic (exact) mass is 365 g/mol. The van der Waals surface area contributed by atoms with Crippen LogP contribution in [-0.2, 0) is 15.7 Å². The molecule has 2 aromatic rings. The number of anilines is 1. The first-order valence-electron chi connectivity index (χ1n) is 7.84. The average Bonchev–Trinajstić information content (AvgIpc) is 2.54. The Bertz CT molecular complexity index is 814. The van der Waals surface area contributed by atoms with Crippen LogP contribution in [0.25, 0.3) is 0 Å². The van der Waals surface area contributed by atoms with Gasteiger partial charge in [0.15, 0.2) is 6.10 Å². The first-order chi connectivity index (χ1) is 12.1. The minimum absolute atomic E-state index is 0.178. The zero-order chi connectivity index (χ0) is 19.5. The molecule has 4 nitrogen and oxygen atoms in total. The van der Waals surface area contributed by atoms with Gasteiger partial charge in [0.1, 0.15) is 0 Å². The van der Waals surface area contributed by atoms with E-state index in [2.05, 4.69) is 5.32 Å². The number of ether oxygens (including phenoxy) is 1. The second-order valence-corrected chi connectivity index (χ2v) is 5.93. The molecule has 0 aromatic heterocycles. The van der Waals surface area contributed by atoms with E-state index >= 15 is 0 Å². The van der Waals surface area contributed by atoms with E-state index in [1.165, 1.54) is 6.92 Å². The largest absolute Gasteiger partial charge is 0.449 e. The quantitative estimate of drug-likeness (QED) is 0.812. The summed E-state index contributed by atoms with van der Waals surface area (Å²) in [5, 5.41) is 2.42. The molecule has 1 atom stereocenters. The van der Waals surface area contributed by atoms with Gasteiger partial charge in [-0.15, -0.1) is 0 Å². The summed E-state index contributed by atoms with van der Waals surface area (Å²) in [6.07, 6.45) is -5.55. The lowest BCUT2D eigenvalue weighted by Gasteiger charge is -2.15. The van der Waals surface area contributed by atoms with Gasteiger partial charge in [0.05, 0.1) is 11.1 Å². The number of halogens is 3. The molecule has 0 spiro atoms. The molecule has 0 aliphatic heterocycles. The third-order valence-corrected chi connectivity index (χ3v) is 3.73. The van der Waals surface area contributed by atoms with Crippen LogP contribution < -0.4 is 5.32 Å². The molecule has 26 heavy (non-hydrogen) atoms. The molecule has 0 fully saturated rings. The van der Waals surface area contributed by atoms with Crippen LogP contribution >= 0.6 is 0 Å². The summed E-state index contributed by atoms with van der Waals surface area (Å²) in [5.41, 5.74) is 1.43. The number of esters is 1. The van der Waals surface area contributed by atoms with E-state index in [-0.39, 0.29) is 5.69 Å². The topological polar surface area (TPSA) is 55.4 Å². The fourth-order valence-electron chi connectivity index (χ4n) is 2.31. The summed E-state index contributed by atoms with van der Waals surface area (Å²) >= 11 is 0. The van der Waals surface area contributed by atoms with Crippen LogP contribution in [0.15, 0.2) is 42.5 Å². The Morgan fingerprint density at radius 2 is 1.65 bits per heavy atom. The molecule has 7 heteroatoms. The lowest BCUT2D eigenvalue weighted by molar-refractivity contribution is -0.137. The van der Waals surface area contributed by atoms with Crippen molar-refractivity contribution in [2.45, 2.75) is 33.1 Å². The Labute approximate surface area is 149 Å². The normalized spacial score (nSPS) is 12.4. The van der Waals surface area contributed by atoms with E-state index in [1.54, 1.807) is 19.1 Å². The molecule has 0 radical (unpaired) electrons. The number of hydrogen-bond donors (Lipinski definition) is 1. The molecule has 0 aliphatic carbocycles. The van der Waals surface area contributed by atoms with Gasteiger partial charge in [0.2, 0.25) is 0 Å². The minimum atomic E-state index is -4.45. The lowest BCUT2D eigenvalue weighted by Crippen LogP contribution is -2.30. The number of hydrogen-bond acceptors (Lipinski definition) is 3. The number of benzene rings is 2. The number of carbonyl (C=O) groups is 2. The zero-order valence-corrected chi connectivity index (χ0v) is 14.5. The Hall–Kier alpha value is -2.83. The summed E-state index contributed by atoms with van der Waals surface area (Å²) in [7, 11) is 0. The second-order valence-electron chi connectivity index (χ2n) is 5.93. The molecule has 2 rings (SSSR count). The predicted octanol–water partition coefficient (Wildman–Crippen LogP) is 4.51. The van der Waals surface area contributed by atoms with Crippen molar-refractivity contribution in [3.63, 3.8) is 0 Å². The van der Waals surface area contributed by atoms with Crippen LogP contribution in [0.2, 0.25) is 0 Å². The first kappa shape index (κ1) is 19.5. The number of amides is 1. The number of rotatable bonds is 4. The van der Waals surface area contributed by atoms with E-state index in [9.17, 15) is 22.8 Å². The average molecular weight is 365 g/mol. The third-order valence-electron chi connectivity index (χ3n) is 3.73. The molecule has 138 valence electrons. The third kappa shape index (κ3) is 4.84. The molecule has 2 aromatic carbocycles. The maximum Gasteiger partial charge on any atom is 0.416 e. The summed E-state index contributed by atoms with van der Waals surface area (Å²) < 4.78 is 42.7. The molecule has 0 aliphatic rings. The Morgan fingerprint density at radius 3 is 2.19 bits per heavy atom. The minimum Gasteiger partial charge on any atom is -0.449 e. The van der Waals surface area contributed by atoms with E-state index in [4.69, 9.17) is 4.74 Å². The number of nitrogens with one attached hydrogen (secondary N) is 1. The smallest absolute Gasteiger partial charge is 0.416 e. The maximum absolute atomic E-state index is 12.5. The molecule has 0 saturated carbocycles. The van der Waals surface area contributed by atoms with Crippen molar-refractivity contribution >= 4 is 17.6 Å². The van der Waals surface area contributed by atoms with Crippen molar-refractivity contribution in [3.05, 3.63) is 64.7 Å². The van der Waals surface area contributed by atoms with E-state index in [0.29, 0.717) is 5.56 Å². The van der Waals surface area contributed by atoms with Gasteiger partial charge in [0.25, 0.3) is 5.91 Å². The van der Waals surface area contributed by atoms with Crippen molar-refractivity contribution in [3.8, 4) is 0 Å². The Kier molecular flexibility index (Phi) is 5.69. The Balaban J connectivity index is 2.00. The number of aryl methyl sites for hydroxylation is 2. The van der Waals surface area contributed by atoms with Crippen molar-refractivity contribution in [2.24, 2.45) is 0 Å². The highest BCUT2D eigenvalue weighted by molar-refractivity contribution is 5.97. The van der Waals surface area contributed by atoms with Gasteiger partial charge in [-0.1, -0.05) is 17.7 Å². The molecular weight excluding hydrogens is 347 g/mol. The van der Waals surface area contributed by atoms with Gasteiger partial charge >= 0.3 is 12.1 Å². The zero-order valence-electron chi connectivity index (χ0n) is 14.5. The summed E-state index contributed by atoms with van der Waals surface area (Å²) in [5.74, 6) is -1.28. The van der Waals surface area contributed by atoms with Crippen molar-refractivity contribution in [1.82, 2.24) is 0 Å². The van der Waals surface area contributed by atoms with Crippen LogP contribution in [0.5, 0.6) is 0 Å². The maximum atomic E-state index is 12.5. The second kappa shape index (κ2) is 7.59. The van der Waals surface area contributed by atoms with Gasteiger partial charge in [-0.25, -0.2) is 4.79 Å². The molecule has 0 saturated heterocycles. The molecule has 0 heterocycles. The lowest BCUT2D eigenvalue weighted by atomic mass is 10.1. The molecule has 1 amide bonds. The molecular formula is C19H18F3NO3. The van der Waals surface area contributed by atoms with Crippen LogP contribution in [0, 0.1) is 13.8 Å². The van der Waals surface area contributed by atoms with Crippen LogP contribution in [0.1, 0.15) is 34.0 Å². The number of carbonyl (C=O) groups excluding carboxylic acids is 2. The van der Waals surface area contributed by atoms with E-state index in [1.807, 2.05) is 13.0 Å². The van der Waals surface area contributed by atoms with Gasteiger partial charge < -0.3 is 10.1 Å². The SMILES string of the molecule is Cc1ccc(C(=O)O[C@@H](C)C(=O)Nc2ccc(C(F)(F)F)cc2)c(C)c1. The van der Waals surface area contributed by atoms with Crippen LogP contribution in [-0.4, -0.2) is 18.0 Å². The van der Waals surface area contributed by atoms with Crippen molar-refractivity contribution in [1.29, 1.82) is 0 Å². The molecule has 0 bridgehead atoms. The highest BCUT2D eigenvalue weighted by Crippen LogP contribution is 2.29. The van der Waals surface area contributed by atoms with Gasteiger partial charge in [-0.2, -0.15) is 13.2 Å². The Morgan fingerprint density at radius 1 is 1.04 bits per heavy atom. The summed E-state index contributed by atoms with van der Waals surface area (Å²) in [6, 6.07) is 9.20. The summed E-state index contributed by atoms with van der Waals surface area (Å²) in [4.78, 5) is 24.3. The summed E-state index contributed by atoms with van der Waals surface area (Å²) in [6.45, 7) is 5.04. The van der Waals surface area contributed by atoms with Gasteiger partial charge in [0, 0.05) is 5.69 Å². The highest BCUT2D eigenvalue weighted by Gasteiger charge is 2.30. The predicted molar refractivity (Wildman–Crippen MR) is 90.9 cm³/mol. The molecule has 0 unspecified atom stereocenters. The van der Waals surface area contributed by atoms with Gasteiger partial charge in [-0.05, 0) is 56.7 Å². The highest BCUT2D eigenvalue weighted by atomic mass is 19.4. The molecule has 1 N–H and O–H groups in total. The van der Waals surface area contributed by atoms with E-state index < -0.39 is 29.7 Å². The standard InChI is InChI=1S/C19H18F3NO3/c1-11-4-9-16(12(2)10-11)18(25)26-13(3)17(24)23-15-7-5-14(6-8-15)19(20,21)22/h4-10,13H,1-3H3,(H,23,24)/t13-/m0/s1. The van der Waals surface area contributed by atoms with E-state index in [0.717, 1.165) is 35.4 Å². The fraction of sp³-hybridized carbons (Fsp3) is 0.263. The fourth-order valence-corrected chi connectivity index (χ4v) is 2.31. The van der Waals surface area contributed by atoms with Crippen molar-refractivity contribution < 1.29 is 27.5 Å². The first-order valence-corrected chi connectivity index (χ1v) is 7.84.